The quantitative estimate of drug-likeness (QED) is 0.0859. The molecule has 0 saturated carbocycles. The van der Waals surface area contributed by atoms with E-state index in [1.807, 2.05) is 11.6 Å². The molecule has 0 bridgehead atoms. The molecule has 0 saturated heterocycles. The summed E-state index contributed by atoms with van der Waals surface area (Å²) in [7, 11) is 0. The first-order valence-corrected chi connectivity index (χ1v) is 19.9. The fourth-order valence-electron chi connectivity index (χ4n) is 3.68. The van der Waals surface area contributed by atoms with E-state index in [4.69, 9.17) is 0 Å². The molecule has 8 aromatic rings. The van der Waals surface area contributed by atoms with E-state index in [0.29, 0.717) is 20.3 Å². The summed E-state index contributed by atoms with van der Waals surface area (Å²) in [5, 5.41) is 5.87. The van der Waals surface area contributed by atoms with Crippen LogP contribution in [0.3, 0.4) is 0 Å². The van der Waals surface area contributed by atoms with Crippen molar-refractivity contribution in [1.82, 2.24) is 9.97 Å². The number of aromatic nitrogens is 2. The van der Waals surface area contributed by atoms with Gasteiger partial charge in [0.15, 0.2) is 11.6 Å². The first kappa shape index (κ1) is 34.6. The van der Waals surface area contributed by atoms with Gasteiger partial charge in [-0.2, -0.15) is 0 Å². The lowest BCUT2D eigenvalue weighted by atomic mass is 10.2. The average molecular weight is 1110 g/mol. The number of hydrogen-bond donors (Lipinski definition) is 0. The number of nitrogens with zero attached hydrogens (tertiary/aromatic N) is 2. The summed E-state index contributed by atoms with van der Waals surface area (Å²) < 4.78 is 58.6. The zero-order valence-corrected chi connectivity index (χ0v) is 33.5. The first-order valence-electron chi connectivity index (χ1n) is 12.1. The van der Waals surface area contributed by atoms with Crippen LogP contribution in [0.5, 0.6) is 0 Å². The van der Waals surface area contributed by atoms with E-state index in [-0.39, 0.29) is 7.14 Å². The molecule has 224 valence electrons. The summed E-state index contributed by atoms with van der Waals surface area (Å²) >= 11 is 13.9. The summed E-state index contributed by atoms with van der Waals surface area (Å²) in [5.41, 5.74) is 4.87. The molecule has 0 fully saturated rings. The highest BCUT2D eigenvalue weighted by Gasteiger charge is 2.13. The van der Waals surface area contributed by atoms with E-state index in [0.717, 1.165) is 5.52 Å². The van der Waals surface area contributed by atoms with E-state index in [9.17, 15) is 17.6 Å². The number of hydrogen-bond acceptors (Lipinski definition) is 6. The minimum atomic E-state index is -0.550. The Morgan fingerprint density at radius 2 is 1.09 bits per heavy atom. The number of thiophene rings is 2. The molecule has 4 aromatic heterocycles. The zero-order valence-electron chi connectivity index (χ0n) is 21.6. The summed E-state index contributed by atoms with van der Waals surface area (Å²) in [6.07, 6.45) is 0. The Labute approximate surface area is 319 Å². The monoisotopic (exact) mass is 1110 g/mol. The Hall–Kier alpha value is -0.780. The molecule has 8 rings (SSSR count). The lowest BCUT2D eigenvalue weighted by Gasteiger charge is -1.97. The molecule has 0 aliphatic heterocycles. The topological polar surface area (TPSA) is 25.8 Å². The highest BCUT2D eigenvalue weighted by molar-refractivity contribution is 14.1. The van der Waals surface area contributed by atoms with Gasteiger partial charge < -0.3 is 0 Å². The van der Waals surface area contributed by atoms with Gasteiger partial charge in [-0.15, -0.1) is 45.3 Å². The van der Waals surface area contributed by atoms with Crippen molar-refractivity contribution in [3.63, 3.8) is 0 Å². The van der Waals surface area contributed by atoms with Crippen molar-refractivity contribution in [3.05, 3.63) is 120 Å². The van der Waals surface area contributed by atoms with Crippen molar-refractivity contribution in [2.24, 2.45) is 0 Å². The van der Waals surface area contributed by atoms with Crippen molar-refractivity contribution in [3.8, 4) is 0 Å². The highest BCUT2D eigenvalue weighted by Crippen LogP contribution is 2.29. The van der Waals surface area contributed by atoms with Crippen LogP contribution in [0.25, 0.3) is 40.6 Å². The van der Waals surface area contributed by atoms with Crippen LogP contribution in [0.1, 0.15) is 0 Å². The fraction of sp³-hybridized carbons (Fsp3) is 0. The molecular weight excluding hydrogens is 1100 g/mol. The Kier molecular flexibility index (Phi) is 12.5. The maximum Gasteiger partial charge on any atom is 0.158 e. The second-order valence-corrected chi connectivity index (χ2v) is 16.8. The highest BCUT2D eigenvalue weighted by atomic mass is 127. The van der Waals surface area contributed by atoms with Crippen LogP contribution in [0.4, 0.5) is 17.6 Å². The third-order valence-electron chi connectivity index (χ3n) is 5.75. The van der Waals surface area contributed by atoms with Crippen LogP contribution < -0.4 is 0 Å². The summed E-state index contributed by atoms with van der Waals surface area (Å²) in [5.74, 6) is -1.99. The van der Waals surface area contributed by atoms with Gasteiger partial charge in [0.25, 0.3) is 0 Å². The second-order valence-electron chi connectivity index (χ2n) is 8.58. The van der Waals surface area contributed by atoms with Gasteiger partial charge in [-0.05, 0) is 160 Å². The number of halogens is 8. The molecule has 44 heavy (non-hydrogen) atoms. The molecule has 0 amide bonds. The average Bonchev–Trinajstić information content (AvgIpc) is 3.82. The number of benzene rings is 4. The standard InChI is InChI=1S/C8H3F2IS.C8H5IS.C7H2F2INS.C7H4INS/c9-5-3-4-1-2-12-8(4)6(10)7(5)11;9-7-2-1-6-3-4-10-8(6)5-7;8-3-1-4-7(12-2-11-4)5(9)6(3)10;8-5-1-2-6-7(3-5)10-4-9-6/h1-3H;1-5H;1-2H;1-4H. The number of fused-ring (bicyclic) bond motifs is 4. The van der Waals surface area contributed by atoms with Gasteiger partial charge in [-0.3, -0.25) is 0 Å². The summed E-state index contributed by atoms with van der Waals surface area (Å²) in [6.45, 7) is 0. The van der Waals surface area contributed by atoms with E-state index in [2.05, 4.69) is 96.9 Å². The third kappa shape index (κ3) is 8.38. The van der Waals surface area contributed by atoms with Crippen LogP contribution in [0.15, 0.2) is 82.4 Å². The number of thiazole rings is 2. The Morgan fingerprint density at radius 1 is 0.500 bits per heavy atom. The van der Waals surface area contributed by atoms with Gasteiger partial charge in [0.05, 0.1) is 43.3 Å². The molecule has 0 aliphatic rings. The van der Waals surface area contributed by atoms with E-state index >= 15 is 0 Å². The fourth-order valence-corrected chi connectivity index (χ4v) is 9.38. The largest absolute Gasteiger partial charge is 0.245 e. The van der Waals surface area contributed by atoms with Gasteiger partial charge in [-0.25, -0.2) is 27.5 Å². The molecule has 2 nitrogen and oxygen atoms in total. The maximum atomic E-state index is 13.3. The molecule has 4 heterocycles. The van der Waals surface area contributed by atoms with Gasteiger partial charge in [0.1, 0.15) is 11.6 Å². The van der Waals surface area contributed by atoms with Crippen molar-refractivity contribution >= 4 is 176 Å². The predicted octanol–water partition coefficient (Wildman–Crippen LogP) is 13.4. The van der Waals surface area contributed by atoms with Gasteiger partial charge >= 0.3 is 0 Å². The molecule has 4 aromatic carbocycles. The predicted molar refractivity (Wildman–Crippen MR) is 214 cm³/mol. The molecular formula is C30H14F4I4N2S4. The Balaban J connectivity index is 0.000000117. The lowest BCUT2D eigenvalue weighted by molar-refractivity contribution is 0.579. The first-order chi connectivity index (χ1) is 21.1. The Morgan fingerprint density at radius 3 is 1.86 bits per heavy atom. The SMILES string of the molecule is Fc1cc2ccsc2c(F)c1I.Fc1cc2ncsc2c(F)c1I.Ic1ccc2ccsc2c1.Ic1ccc2ncsc2c1. The molecule has 0 atom stereocenters. The van der Waals surface area contributed by atoms with Crippen LogP contribution in [0.2, 0.25) is 0 Å². The summed E-state index contributed by atoms with van der Waals surface area (Å²) in [6, 6.07) is 19.2. The smallest absolute Gasteiger partial charge is 0.158 e. The van der Waals surface area contributed by atoms with Crippen molar-refractivity contribution in [1.29, 1.82) is 0 Å². The third-order valence-corrected chi connectivity index (χ3v) is 12.5. The molecule has 14 heteroatoms. The molecule has 0 aliphatic carbocycles. The van der Waals surface area contributed by atoms with E-state index < -0.39 is 23.3 Å². The maximum absolute atomic E-state index is 13.3. The van der Waals surface area contributed by atoms with Crippen LogP contribution in [0, 0.1) is 37.5 Å². The molecule has 0 unspecified atom stereocenters. The molecule has 0 spiro atoms. The van der Waals surface area contributed by atoms with Gasteiger partial charge in [-0.1, -0.05) is 6.07 Å². The van der Waals surface area contributed by atoms with Crippen molar-refractivity contribution in [2.45, 2.75) is 0 Å². The molecule has 0 radical (unpaired) electrons. The van der Waals surface area contributed by atoms with E-state index in [1.165, 1.54) is 62.2 Å². The molecule has 0 N–H and O–H groups in total. The Bertz CT molecular complexity index is 2050. The van der Waals surface area contributed by atoms with Crippen LogP contribution in [-0.2, 0) is 0 Å². The summed E-state index contributed by atoms with van der Waals surface area (Å²) in [4.78, 5) is 7.99. The van der Waals surface area contributed by atoms with Crippen molar-refractivity contribution < 1.29 is 17.6 Å². The normalized spacial score (nSPS) is 10.7. The van der Waals surface area contributed by atoms with E-state index in [1.54, 1.807) is 79.3 Å². The minimum Gasteiger partial charge on any atom is -0.245 e. The minimum absolute atomic E-state index is 0.0318. The van der Waals surface area contributed by atoms with Gasteiger partial charge in [0.2, 0.25) is 0 Å². The zero-order chi connectivity index (χ0) is 31.4. The van der Waals surface area contributed by atoms with Gasteiger partial charge in [0, 0.05) is 17.9 Å². The van der Waals surface area contributed by atoms with Crippen LogP contribution >= 0.6 is 136 Å². The lowest BCUT2D eigenvalue weighted by Crippen LogP contribution is -1.87. The van der Waals surface area contributed by atoms with Crippen LogP contribution in [-0.4, -0.2) is 9.97 Å². The number of rotatable bonds is 0. The van der Waals surface area contributed by atoms with Crippen molar-refractivity contribution in [2.75, 3.05) is 0 Å². The second kappa shape index (κ2) is 15.9.